The predicted molar refractivity (Wildman–Crippen MR) is 53.0 cm³/mol. The van der Waals surface area contributed by atoms with Crippen LogP contribution in [0.2, 0.25) is 0 Å². The maximum atomic E-state index is 5.87. The van der Waals surface area contributed by atoms with Crippen molar-refractivity contribution in [1.82, 2.24) is 5.32 Å². The molecule has 1 aliphatic carbocycles. The predicted octanol–water partition coefficient (Wildman–Crippen LogP) is 1.42. The zero-order valence-corrected chi connectivity index (χ0v) is 7.92. The van der Waals surface area contributed by atoms with Gasteiger partial charge in [-0.3, -0.25) is 0 Å². The minimum absolute atomic E-state index is 0.432. The van der Waals surface area contributed by atoms with Crippen molar-refractivity contribution >= 4 is 0 Å². The second kappa shape index (κ2) is 5.33. The van der Waals surface area contributed by atoms with E-state index in [2.05, 4.69) is 17.5 Å². The number of nitrogens with one attached hydrogen (secondary N) is 1. The molecule has 0 aliphatic heterocycles. The van der Waals surface area contributed by atoms with E-state index in [9.17, 15) is 0 Å². The fourth-order valence-electron chi connectivity index (χ4n) is 1.77. The summed E-state index contributed by atoms with van der Waals surface area (Å²) in [7, 11) is 0. The SMILES string of the molecule is C/C=C/CNC1CCCC(N)C1. The Hall–Kier alpha value is -0.340. The lowest BCUT2D eigenvalue weighted by atomic mass is 9.92. The van der Waals surface area contributed by atoms with Gasteiger partial charge in [0.05, 0.1) is 0 Å². The van der Waals surface area contributed by atoms with Crippen molar-refractivity contribution in [3.05, 3.63) is 12.2 Å². The van der Waals surface area contributed by atoms with E-state index in [1.807, 2.05) is 6.92 Å². The Kier molecular flexibility index (Phi) is 4.33. The van der Waals surface area contributed by atoms with Crippen molar-refractivity contribution in [2.45, 2.75) is 44.7 Å². The summed E-state index contributed by atoms with van der Waals surface area (Å²) in [5.74, 6) is 0. The van der Waals surface area contributed by atoms with Crippen molar-refractivity contribution in [2.24, 2.45) is 5.73 Å². The van der Waals surface area contributed by atoms with Gasteiger partial charge in [-0.1, -0.05) is 18.6 Å². The molecule has 1 fully saturated rings. The van der Waals surface area contributed by atoms with Crippen LogP contribution in [0.3, 0.4) is 0 Å². The number of hydrogen-bond acceptors (Lipinski definition) is 2. The van der Waals surface area contributed by atoms with Gasteiger partial charge >= 0.3 is 0 Å². The minimum atomic E-state index is 0.432. The molecule has 0 aromatic heterocycles. The molecule has 0 aromatic carbocycles. The molecule has 0 heterocycles. The van der Waals surface area contributed by atoms with E-state index in [1.54, 1.807) is 0 Å². The van der Waals surface area contributed by atoms with Gasteiger partial charge < -0.3 is 11.1 Å². The Labute approximate surface area is 75.2 Å². The minimum Gasteiger partial charge on any atom is -0.328 e. The Bertz CT molecular complexity index is 143. The summed E-state index contributed by atoms with van der Waals surface area (Å²) in [6.45, 7) is 3.04. The molecule has 0 aromatic rings. The molecular formula is C10H20N2. The van der Waals surface area contributed by atoms with Gasteiger partial charge in [0, 0.05) is 18.6 Å². The van der Waals surface area contributed by atoms with Crippen LogP contribution in [0, 0.1) is 0 Å². The van der Waals surface area contributed by atoms with Gasteiger partial charge in [-0.25, -0.2) is 0 Å². The molecule has 1 aliphatic rings. The quantitative estimate of drug-likeness (QED) is 0.625. The smallest absolute Gasteiger partial charge is 0.0137 e. The fourth-order valence-corrected chi connectivity index (χ4v) is 1.77. The van der Waals surface area contributed by atoms with Crippen LogP contribution in [0.15, 0.2) is 12.2 Å². The molecule has 70 valence electrons. The highest BCUT2D eigenvalue weighted by Gasteiger charge is 2.17. The van der Waals surface area contributed by atoms with Crippen LogP contribution in [0.4, 0.5) is 0 Å². The first-order valence-electron chi connectivity index (χ1n) is 4.93. The molecule has 0 bridgehead atoms. The normalized spacial score (nSPS) is 31.2. The van der Waals surface area contributed by atoms with Crippen LogP contribution >= 0.6 is 0 Å². The van der Waals surface area contributed by atoms with E-state index >= 15 is 0 Å². The Morgan fingerprint density at radius 3 is 3.00 bits per heavy atom. The highest BCUT2D eigenvalue weighted by Crippen LogP contribution is 2.16. The number of rotatable bonds is 3. The van der Waals surface area contributed by atoms with Gasteiger partial charge in [0.25, 0.3) is 0 Å². The molecule has 2 heteroatoms. The lowest BCUT2D eigenvalue weighted by Gasteiger charge is -2.26. The Balaban J connectivity index is 2.14. The van der Waals surface area contributed by atoms with Gasteiger partial charge in [-0.05, 0) is 26.2 Å². The number of hydrogen-bond donors (Lipinski definition) is 2. The third kappa shape index (κ3) is 3.37. The second-order valence-corrected chi connectivity index (χ2v) is 3.60. The van der Waals surface area contributed by atoms with Crippen molar-refractivity contribution in [2.75, 3.05) is 6.54 Å². The molecule has 0 saturated heterocycles. The average Bonchev–Trinajstić information content (AvgIpc) is 2.05. The zero-order valence-electron chi connectivity index (χ0n) is 7.92. The monoisotopic (exact) mass is 168 g/mol. The van der Waals surface area contributed by atoms with Gasteiger partial charge in [0.1, 0.15) is 0 Å². The zero-order chi connectivity index (χ0) is 8.81. The molecule has 2 atom stereocenters. The first kappa shape index (κ1) is 9.75. The lowest BCUT2D eigenvalue weighted by molar-refractivity contribution is 0.348. The summed E-state index contributed by atoms with van der Waals surface area (Å²) in [5.41, 5.74) is 5.87. The van der Waals surface area contributed by atoms with Crippen LogP contribution in [0.5, 0.6) is 0 Å². The average molecular weight is 168 g/mol. The summed E-state index contributed by atoms with van der Waals surface area (Å²) >= 11 is 0. The van der Waals surface area contributed by atoms with Crippen LogP contribution in [0.25, 0.3) is 0 Å². The summed E-state index contributed by atoms with van der Waals surface area (Å²) in [6.07, 6.45) is 9.18. The van der Waals surface area contributed by atoms with E-state index in [0.29, 0.717) is 12.1 Å². The Morgan fingerprint density at radius 1 is 1.50 bits per heavy atom. The van der Waals surface area contributed by atoms with Crippen molar-refractivity contribution in [3.8, 4) is 0 Å². The first-order chi connectivity index (χ1) is 5.83. The van der Waals surface area contributed by atoms with Gasteiger partial charge in [0.2, 0.25) is 0 Å². The molecule has 1 rings (SSSR count). The van der Waals surface area contributed by atoms with E-state index in [4.69, 9.17) is 5.73 Å². The second-order valence-electron chi connectivity index (χ2n) is 3.60. The maximum Gasteiger partial charge on any atom is 0.0137 e. The lowest BCUT2D eigenvalue weighted by Crippen LogP contribution is -2.39. The molecule has 3 N–H and O–H groups in total. The molecule has 12 heavy (non-hydrogen) atoms. The molecule has 0 radical (unpaired) electrons. The van der Waals surface area contributed by atoms with Crippen molar-refractivity contribution in [1.29, 1.82) is 0 Å². The van der Waals surface area contributed by atoms with E-state index in [0.717, 1.165) is 13.0 Å². The summed E-state index contributed by atoms with van der Waals surface area (Å²) in [4.78, 5) is 0. The summed E-state index contributed by atoms with van der Waals surface area (Å²) in [6, 6.07) is 1.09. The molecule has 2 nitrogen and oxygen atoms in total. The van der Waals surface area contributed by atoms with Crippen molar-refractivity contribution in [3.63, 3.8) is 0 Å². The van der Waals surface area contributed by atoms with E-state index < -0.39 is 0 Å². The standard InChI is InChI=1S/C10H20N2/c1-2-3-7-12-10-6-4-5-9(11)8-10/h2-3,9-10,12H,4-8,11H2,1H3/b3-2+. The third-order valence-electron chi connectivity index (χ3n) is 2.47. The highest BCUT2D eigenvalue weighted by molar-refractivity contribution is 4.85. The van der Waals surface area contributed by atoms with E-state index in [1.165, 1.54) is 19.3 Å². The topological polar surface area (TPSA) is 38.0 Å². The fraction of sp³-hybridized carbons (Fsp3) is 0.800. The third-order valence-corrected chi connectivity index (χ3v) is 2.47. The van der Waals surface area contributed by atoms with Gasteiger partial charge in [-0.2, -0.15) is 0 Å². The van der Waals surface area contributed by atoms with Crippen molar-refractivity contribution < 1.29 is 0 Å². The maximum absolute atomic E-state index is 5.87. The largest absolute Gasteiger partial charge is 0.328 e. The van der Waals surface area contributed by atoms with Crippen LogP contribution in [0.1, 0.15) is 32.6 Å². The number of nitrogens with two attached hydrogens (primary N) is 1. The molecule has 2 unspecified atom stereocenters. The number of allylic oxidation sites excluding steroid dienone is 1. The Morgan fingerprint density at radius 2 is 2.33 bits per heavy atom. The van der Waals surface area contributed by atoms with Gasteiger partial charge in [0.15, 0.2) is 0 Å². The first-order valence-corrected chi connectivity index (χ1v) is 4.93. The van der Waals surface area contributed by atoms with Crippen LogP contribution in [-0.2, 0) is 0 Å². The molecule has 0 amide bonds. The summed E-state index contributed by atoms with van der Waals surface area (Å²) < 4.78 is 0. The van der Waals surface area contributed by atoms with Crippen LogP contribution in [-0.4, -0.2) is 18.6 Å². The van der Waals surface area contributed by atoms with Gasteiger partial charge in [-0.15, -0.1) is 0 Å². The van der Waals surface area contributed by atoms with E-state index in [-0.39, 0.29) is 0 Å². The molecular weight excluding hydrogens is 148 g/mol. The molecule has 1 saturated carbocycles. The van der Waals surface area contributed by atoms with Crippen LogP contribution < -0.4 is 11.1 Å². The summed E-state index contributed by atoms with van der Waals surface area (Å²) in [5, 5.41) is 3.49. The highest BCUT2D eigenvalue weighted by atomic mass is 14.9. The molecule has 0 spiro atoms.